The number of benzene rings is 2. The van der Waals surface area contributed by atoms with Gasteiger partial charge >= 0.3 is 0 Å². The van der Waals surface area contributed by atoms with E-state index in [4.69, 9.17) is 9.47 Å². The molecule has 0 saturated heterocycles. The molecule has 0 spiro atoms. The van der Waals surface area contributed by atoms with Gasteiger partial charge in [-0.15, -0.1) is 0 Å². The Morgan fingerprint density at radius 2 is 1.76 bits per heavy atom. The van der Waals surface area contributed by atoms with E-state index >= 15 is 0 Å². The molecule has 2 rings (SSSR count). The maximum absolute atomic E-state index is 12.6. The lowest BCUT2D eigenvalue weighted by molar-refractivity contribution is 0.0955. The number of methoxy groups -OCH3 is 2. The fourth-order valence-electron chi connectivity index (χ4n) is 2.67. The summed E-state index contributed by atoms with van der Waals surface area (Å²) < 4.78 is 37.0. The first kappa shape index (κ1) is 22.4. The molecule has 0 aliphatic carbocycles. The van der Waals surface area contributed by atoms with Crippen molar-refractivity contribution in [2.45, 2.75) is 18.7 Å². The molecule has 0 atom stereocenters. The van der Waals surface area contributed by atoms with Crippen LogP contribution in [-0.2, 0) is 10.0 Å². The highest BCUT2D eigenvalue weighted by Crippen LogP contribution is 2.26. The molecule has 0 bridgehead atoms. The molecule has 8 nitrogen and oxygen atoms in total. The zero-order chi connectivity index (χ0) is 21.4. The summed E-state index contributed by atoms with van der Waals surface area (Å²) in [5, 5.41) is 3.93. The third kappa shape index (κ3) is 5.33. The number of carbonyl (C=O) groups excluding carboxylic acids is 1. The largest absolute Gasteiger partial charge is 0.493 e. The summed E-state index contributed by atoms with van der Waals surface area (Å²) >= 11 is 0. The summed E-state index contributed by atoms with van der Waals surface area (Å²) in [6, 6.07) is 11.1. The number of amides is 1. The Hall–Kier alpha value is -2.91. The molecule has 2 aromatic rings. The molecular formula is C20H25N3O5S. The second kappa shape index (κ2) is 10.0. The number of hydrogen-bond acceptors (Lipinski definition) is 6. The molecule has 0 aliphatic heterocycles. The molecule has 0 fully saturated rings. The van der Waals surface area contributed by atoms with Crippen LogP contribution in [0.1, 0.15) is 29.8 Å². The lowest BCUT2D eigenvalue weighted by atomic mass is 10.2. The van der Waals surface area contributed by atoms with Crippen LogP contribution >= 0.6 is 0 Å². The van der Waals surface area contributed by atoms with E-state index in [1.165, 1.54) is 41.9 Å². The molecule has 0 radical (unpaired) electrons. The molecule has 0 unspecified atom stereocenters. The Labute approximate surface area is 171 Å². The fraction of sp³-hybridized carbons (Fsp3) is 0.300. The van der Waals surface area contributed by atoms with Crippen molar-refractivity contribution in [3.8, 4) is 11.5 Å². The lowest BCUT2D eigenvalue weighted by Gasteiger charge is -2.18. The van der Waals surface area contributed by atoms with Crippen molar-refractivity contribution in [2.75, 3.05) is 27.3 Å². The summed E-state index contributed by atoms with van der Waals surface area (Å²) in [5.41, 5.74) is 3.29. The summed E-state index contributed by atoms with van der Waals surface area (Å²) in [6.07, 6.45) is 1.45. The van der Waals surface area contributed by atoms with Crippen molar-refractivity contribution in [1.82, 2.24) is 9.73 Å². The van der Waals surface area contributed by atoms with E-state index in [1.807, 2.05) is 0 Å². The molecule has 156 valence electrons. The predicted octanol–water partition coefficient (Wildman–Crippen LogP) is 2.50. The van der Waals surface area contributed by atoms with Gasteiger partial charge in [0.25, 0.3) is 5.91 Å². The van der Waals surface area contributed by atoms with Gasteiger partial charge in [-0.1, -0.05) is 19.9 Å². The maximum Gasteiger partial charge on any atom is 0.271 e. The lowest BCUT2D eigenvalue weighted by Crippen LogP contribution is -2.30. The Balaban J connectivity index is 2.15. The van der Waals surface area contributed by atoms with Crippen molar-refractivity contribution in [1.29, 1.82) is 0 Å². The van der Waals surface area contributed by atoms with Gasteiger partial charge in [0.1, 0.15) is 0 Å². The Bertz CT molecular complexity index is 985. The molecular weight excluding hydrogens is 394 g/mol. The summed E-state index contributed by atoms with van der Waals surface area (Å²) in [5.74, 6) is 0.607. The minimum atomic E-state index is -3.65. The van der Waals surface area contributed by atoms with E-state index in [9.17, 15) is 13.2 Å². The van der Waals surface area contributed by atoms with E-state index in [-0.39, 0.29) is 10.5 Å². The number of carbonyl (C=O) groups is 1. The summed E-state index contributed by atoms with van der Waals surface area (Å²) in [7, 11) is -0.576. The maximum atomic E-state index is 12.6. The van der Waals surface area contributed by atoms with Gasteiger partial charge in [-0.05, 0) is 42.0 Å². The molecule has 0 aromatic heterocycles. The van der Waals surface area contributed by atoms with Gasteiger partial charge in [-0.2, -0.15) is 9.41 Å². The molecule has 0 saturated carbocycles. The van der Waals surface area contributed by atoms with Crippen molar-refractivity contribution in [3.63, 3.8) is 0 Å². The van der Waals surface area contributed by atoms with Gasteiger partial charge in [-0.3, -0.25) is 4.79 Å². The molecule has 9 heteroatoms. The average Bonchev–Trinajstić information content (AvgIpc) is 2.74. The molecule has 1 N–H and O–H groups in total. The summed E-state index contributed by atoms with van der Waals surface area (Å²) in [6.45, 7) is 4.23. The second-order valence-corrected chi connectivity index (χ2v) is 7.87. The highest BCUT2D eigenvalue weighted by atomic mass is 32.2. The smallest absolute Gasteiger partial charge is 0.271 e. The van der Waals surface area contributed by atoms with Crippen molar-refractivity contribution >= 4 is 22.1 Å². The van der Waals surface area contributed by atoms with Crippen LogP contribution in [0.3, 0.4) is 0 Å². The van der Waals surface area contributed by atoms with Gasteiger partial charge in [0, 0.05) is 18.7 Å². The topological polar surface area (TPSA) is 97.3 Å². The van der Waals surface area contributed by atoms with Gasteiger partial charge in [0.2, 0.25) is 10.0 Å². The Morgan fingerprint density at radius 3 is 2.38 bits per heavy atom. The first-order valence-corrected chi connectivity index (χ1v) is 10.5. The predicted molar refractivity (Wildman–Crippen MR) is 111 cm³/mol. The van der Waals surface area contributed by atoms with Crippen molar-refractivity contribution in [3.05, 3.63) is 53.6 Å². The minimum Gasteiger partial charge on any atom is -0.493 e. The van der Waals surface area contributed by atoms with E-state index in [2.05, 4.69) is 10.5 Å². The Morgan fingerprint density at radius 1 is 1.07 bits per heavy atom. The third-order valence-corrected chi connectivity index (χ3v) is 6.27. The first-order chi connectivity index (χ1) is 13.9. The number of ether oxygens (including phenoxy) is 2. The number of hydrazone groups is 1. The highest BCUT2D eigenvalue weighted by molar-refractivity contribution is 7.89. The number of nitrogens with zero attached hydrogens (tertiary/aromatic N) is 2. The Kier molecular flexibility index (Phi) is 7.74. The SMILES string of the molecule is CCN(CC)S(=O)(=O)c1cccc(C(=O)N/N=C\c2ccc(OC)c(OC)c2)c1. The average molecular weight is 420 g/mol. The van der Waals surface area contributed by atoms with Crippen LogP contribution in [0.4, 0.5) is 0 Å². The van der Waals surface area contributed by atoms with Crippen LogP contribution in [0.2, 0.25) is 0 Å². The van der Waals surface area contributed by atoms with Crippen molar-refractivity contribution in [2.24, 2.45) is 5.10 Å². The van der Waals surface area contributed by atoms with E-state index < -0.39 is 15.9 Å². The summed E-state index contributed by atoms with van der Waals surface area (Å²) in [4.78, 5) is 12.4. The minimum absolute atomic E-state index is 0.0673. The number of rotatable bonds is 9. The fourth-order valence-corrected chi connectivity index (χ4v) is 4.18. The molecule has 29 heavy (non-hydrogen) atoms. The second-order valence-electron chi connectivity index (χ2n) is 5.93. The van der Waals surface area contributed by atoms with Crippen LogP contribution < -0.4 is 14.9 Å². The molecule has 0 heterocycles. The van der Waals surface area contributed by atoms with Crippen molar-refractivity contribution < 1.29 is 22.7 Å². The van der Waals surface area contributed by atoms with E-state index in [0.29, 0.717) is 30.2 Å². The van der Waals surface area contributed by atoms with Gasteiger partial charge in [0.15, 0.2) is 11.5 Å². The molecule has 0 aliphatic rings. The van der Waals surface area contributed by atoms with E-state index in [0.717, 1.165) is 0 Å². The highest BCUT2D eigenvalue weighted by Gasteiger charge is 2.22. The van der Waals surface area contributed by atoms with Gasteiger partial charge < -0.3 is 9.47 Å². The molecule has 1 amide bonds. The number of hydrogen-bond donors (Lipinski definition) is 1. The van der Waals surface area contributed by atoms with Gasteiger partial charge in [0.05, 0.1) is 25.3 Å². The van der Waals surface area contributed by atoms with Crippen LogP contribution in [-0.4, -0.2) is 52.2 Å². The van der Waals surface area contributed by atoms with Gasteiger partial charge in [-0.25, -0.2) is 13.8 Å². The van der Waals surface area contributed by atoms with Crippen LogP contribution in [0.5, 0.6) is 11.5 Å². The number of sulfonamides is 1. The zero-order valence-corrected chi connectivity index (χ0v) is 17.7. The molecule has 2 aromatic carbocycles. The quantitative estimate of drug-likeness (QED) is 0.498. The first-order valence-electron chi connectivity index (χ1n) is 9.03. The van der Waals surface area contributed by atoms with Crippen LogP contribution in [0.15, 0.2) is 52.5 Å². The normalized spacial score (nSPS) is 11.6. The monoisotopic (exact) mass is 419 g/mol. The zero-order valence-electron chi connectivity index (χ0n) is 16.9. The van der Waals surface area contributed by atoms with Crippen LogP contribution in [0.25, 0.3) is 0 Å². The standard InChI is InChI=1S/C20H25N3O5S/c1-5-23(6-2)29(25,26)17-9-7-8-16(13-17)20(24)22-21-14-15-10-11-18(27-3)19(12-15)28-4/h7-14H,5-6H2,1-4H3,(H,22,24)/b21-14-. The third-order valence-electron chi connectivity index (χ3n) is 4.23. The van der Waals surface area contributed by atoms with E-state index in [1.54, 1.807) is 39.2 Å². The number of nitrogens with one attached hydrogen (secondary N) is 1. The van der Waals surface area contributed by atoms with Crippen LogP contribution in [0, 0.1) is 0 Å².